The van der Waals surface area contributed by atoms with E-state index in [2.05, 4.69) is 10.1 Å². The van der Waals surface area contributed by atoms with Crippen LogP contribution in [0.5, 0.6) is 0 Å². The van der Waals surface area contributed by atoms with E-state index in [-0.39, 0.29) is 29.7 Å². The maximum atomic E-state index is 13.0. The minimum atomic E-state index is -0.320. The van der Waals surface area contributed by atoms with Gasteiger partial charge in [-0.05, 0) is 45.0 Å². The first-order valence-electron chi connectivity index (χ1n) is 7.58. The highest BCUT2D eigenvalue weighted by Crippen LogP contribution is 2.16. The first-order valence-corrected chi connectivity index (χ1v) is 7.58. The number of rotatable bonds is 2. The molecule has 1 aromatic carbocycles. The van der Waals surface area contributed by atoms with Crippen LogP contribution in [0.2, 0.25) is 0 Å². The summed E-state index contributed by atoms with van der Waals surface area (Å²) in [7, 11) is 0. The van der Waals surface area contributed by atoms with Crippen LogP contribution in [0.25, 0.3) is 5.69 Å². The molecule has 2 heterocycles. The van der Waals surface area contributed by atoms with Crippen molar-refractivity contribution in [3.05, 3.63) is 41.7 Å². The minimum absolute atomic E-state index is 0.00423. The molecule has 1 aromatic heterocycles. The SMILES string of the molecule is Cc1nc(C(=O)N2C[C@H](C)OC[C@@H]2C)nn1-c1ccc(F)cc1. The summed E-state index contributed by atoms with van der Waals surface area (Å²) >= 11 is 0. The number of hydrogen-bond acceptors (Lipinski definition) is 4. The number of ether oxygens (including phenoxy) is 1. The predicted molar refractivity (Wildman–Crippen MR) is 82.0 cm³/mol. The Labute approximate surface area is 133 Å². The van der Waals surface area contributed by atoms with E-state index in [1.165, 1.54) is 12.1 Å². The standard InChI is InChI=1S/C16H19FN4O2/c1-10-9-23-11(2)8-20(10)16(22)15-18-12(3)21(19-15)14-6-4-13(17)5-7-14/h4-7,10-11H,8-9H2,1-3H3/t10-,11-/m0/s1. The van der Waals surface area contributed by atoms with Gasteiger partial charge in [-0.2, -0.15) is 0 Å². The number of hydrogen-bond donors (Lipinski definition) is 0. The number of aryl methyl sites for hydroxylation is 1. The third kappa shape index (κ3) is 3.10. The molecule has 0 N–H and O–H groups in total. The maximum Gasteiger partial charge on any atom is 0.293 e. The van der Waals surface area contributed by atoms with Crippen LogP contribution in [0, 0.1) is 12.7 Å². The van der Waals surface area contributed by atoms with Crippen LogP contribution in [0.15, 0.2) is 24.3 Å². The van der Waals surface area contributed by atoms with E-state index >= 15 is 0 Å². The van der Waals surface area contributed by atoms with Gasteiger partial charge in [0.25, 0.3) is 5.91 Å². The zero-order valence-electron chi connectivity index (χ0n) is 13.4. The number of morpholine rings is 1. The molecule has 2 aromatic rings. The molecule has 23 heavy (non-hydrogen) atoms. The Morgan fingerprint density at radius 1 is 1.30 bits per heavy atom. The molecule has 1 saturated heterocycles. The molecule has 6 nitrogen and oxygen atoms in total. The van der Waals surface area contributed by atoms with Gasteiger partial charge in [0.15, 0.2) is 0 Å². The number of benzene rings is 1. The average Bonchev–Trinajstić information content (AvgIpc) is 2.92. The van der Waals surface area contributed by atoms with Gasteiger partial charge in [0, 0.05) is 6.54 Å². The van der Waals surface area contributed by atoms with Gasteiger partial charge in [-0.3, -0.25) is 4.79 Å². The molecule has 7 heteroatoms. The topological polar surface area (TPSA) is 60.3 Å². The lowest BCUT2D eigenvalue weighted by Gasteiger charge is -2.36. The van der Waals surface area contributed by atoms with Crippen LogP contribution >= 0.6 is 0 Å². The van der Waals surface area contributed by atoms with Crippen molar-refractivity contribution in [3.8, 4) is 5.69 Å². The van der Waals surface area contributed by atoms with E-state index in [1.807, 2.05) is 13.8 Å². The number of aromatic nitrogens is 3. The van der Waals surface area contributed by atoms with Crippen molar-refractivity contribution in [2.45, 2.75) is 32.9 Å². The normalized spacial score (nSPS) is 21.5. The van der Waals surface area contributed by atoms with Crippen molar-refractivity contribution in [2.24, 2.45) is 0 Å². The Bertz CT molecular complexity index is 713. The highest BCUT2D eigenvalue weighted by atomic mass is 19.1. The molecule has 122 valence electrons. The zero-order chi connectivity index (χ0) is 16.6. The van der Waals surface area contributed by atoms with E-state index in [4.69, 9.17) is 4.74 Å². The highest BCUT2D eigenvalue weighted by Gasteiger charge is 2.30. The first-order chi connectivity index (χ1) is 11.0. The fraction of sp³-hybridized carbons (Fsp3) is 0.438. The quantitative estimate of drug-likeness (QED) is 0.849. The molecule has 0 bridgehead atoms. The van der Waals surface area contributed by atoms with Crippen molar-refractivity contribution in [2.75, 3.05) is 13.2 Å². The zero-order valence-corrected chi connectivity index (χ0v) is 13.4. The molecule has 1 amide bonds. The van der Waals surface area contributed by atoms with Crippen molar-refractivity contribution >= 4 is 5.91 Å². The van der Waals surface area contributed by atoms with E-state index < -0.39 is 0 Å². The fourth-order valence-corrected chi connectivity index (χ4v) is 2.62. The lowest BCUT2D eigenvalue weighted by atomic mass is 10.2. The molecule has 1 aliphatic heterocycles. The second-order valence-electron chi connectivity index (χ2n) is 5.82. The summed E-state index contributed by atoms with van der Waals surface area (Å²) in [5.74, 6) is 0.192. The fourth-order valence-electron chi connectivity index (χ4n) is 2.62. The Balaban J connectivity index is 1.88. The highest BCUT2D eigenvalue weighted by molar-refractivity contribution is 5.90. The number of nitrogens with zero attached hydrogens (tertiary/aromatic N) is 4. The van der Waals surface area contributed by atoms with Gasteiger partial charge in [0.05, 0.1) is 24.4 Å². The number of carbonyl (C=O) groups excluding carboxylic acids is 1. The van der Waals surface area contributed by atoms with Gasteiger partial charge in [0.1, 0.15) is 11.6 Å². The van der Waals surface area contributed by atoms with Crippen molar-refractivity contribution in [1.82, 2.24) is 19.7 Å². The third-order valence-corrected chi connectivity index (χ3v) is 3.90. The third-order valence-electron chi connectivity index (χ3n) is 3.90. The van der Waals surface area contributed by atoms with Crippen molar-refractivity contribution in [3.63, 3.8) is 0 Å². The first kappa shape index (κ1) is 15.6. The molecular weight excluding hydrogens is 299 g/mol. The van der Waals surface area contributed by atoms with E-state index in [1.54, 1.807) is 28.6 Å². The summed E-state index contributed by atoms with van der Waals surface area (Å²) in [4.78, 5) is 18.7. The van der Waals surface area contributed by atoms with Crippen LogP contribution in [0.3, 0.4) is 0 Å². The van der Waals surface area contributed by atoms with E-state index in [0.717, 1.165) is 0 Å². The van der Waals surface area contributed by atoms with Crippen LogP contribution in [0.1, 0.15) is 30.3 Å². The Kier molecular flexibility index (Phi) is 4.12. The van der Waals surface area contributed by atoms with Crippen molar-refractivity contribution in [1.29, 1.82) is 0 Å². The summed E-state index contributed by atoms with van der Waals surface area (Å²) in [5.41, 5.74) is 0.666. The molecular formula is C16H19FN4O2. The largest absolute Gasteiger partial charge is 0.375 e. The number of carbonyl (C=O) groups is 1. The van der Waals surface area contributed by atoms with Gasteiger partial charge in [-0.25, -0.2) is 14.1 Å². The van der Waals surface area contributed by atoms with E-state index in [9.17, 15) is 9.18 Å². The lowest BCUT2D eigenvalue weighted by molar-refractivity contribution is -0.0391. The maximum absolute atomic E-state index is 13.0. The number of amides is 1. The molecule has 0 saturated carbocycles. The minimum Gasteiger partial charge on any atom is -0.375 e. The van der Waals surface area contributed by atoms with Gasteiger partial charge >= 0.3 is 0 Å². The van der Waals surface area contributed by atoms with Crippen LogP contribution < -0.4 is 0 Å². The molecule has 1 aliphatic rings. The van der Waals surface area contributed by atoms with E-state index in [0.29, 0.717) is 24.7 Å². The van der Waals surface area contributed by atoms with Crippen LogP contribution in [-0.4, -0.2) is 50.9 Å². The summed E-state index contributed by atoms with van der Waals surface area (Å²) in [6.07, 6.45) is -0.00423. The van der Waals surface area contributed by atoms with Gasteiger partial charge < -0.3 is 9.64 Å². The lowest BCUT2D eigenvalue weighted by Crippen LogP contribution is -2.50. The molecule has 0 unspecified atom stereocenters. The summed E-state index contributed by atoms with van der Waals surface area (Å²) in [6, 6.07) is 5.89. The van der Waals surface area contributed by atoms with Crippen LogP contribution in [-0.2, 0) is 4.74 Å². The molecule has 3 rings (SSSR count). The Morgan fingerprint density at radius 2 is 2.00 bits per heavy atom. The van der Waals surface area contributed by atoms with Crippen LogP contribution in [0.4, 0.5) is 4.39 Å². The monoisotopic (exact) mass is 318 g/mol. The second kappa shape index (κ2) is 6.08. The van der Waals surface area contributed by atoms with Gasteiger partial charge in [0.2, 0.25) is 5.82 Å². The smallest absolute Gasteiger partial charge is 0.293 e. The van der Waals surface area contributed by atoms with Gasteiger partial charge in [-0.1, -0.05) is 0 Å². The predicted octanol–water partition coefficient (Wildman–Crippen LogP) is 1.96. The Hall–Kier alpha value is -2.28. The molecule has 2 atom stereocenters. The summed E-state index contributed by atoms with van der Waals surface area (Å²) in [5, 5.41) is 4.30. The molecule has 0 aliphatic carbocycles. The second-order valence-corrected chi connectivity index (χ2v) is 5.82. The van der Waals surface area contributed by atoms with Crippen molar-refractivity contribution < 1.29 is 13.9 Å². The average molecular weight is 318 g/mol. The summed E-state index contributed by atoms with van der Waals surface area (Å²) < 4.78 is 20.1. The van der Waals surface area contributed by atoms with Gasteiger partial charge in [-0.15, -0.1) is 5.10 Å². The summed E-state index contributed by atoms with van der Waals surface area (Å²) in [6.45, 7) is 6.66. The Morgan fingerprint density at radius 3 is 2.70 bits per heavy atom. The molecule has 1 fully saturated rings. The molecule has 0 spiro atoms. The molecule has 0 radical (unpaired) electrons. The number of halogens is 1.